The Kier molecular flexibility index (Phi) is 5.81. The highest BCUT2D eigenvalue weighted by atomic mass is 19.1. The topological polar surface area (TPSA) is 110 Å². The number of aliphatic hydroxyl groups excluding tert-OH is 1. The summed E-state index contributed by atoms with van der Waals surface area (Å²) in [4.78, 5) is 19.8. The number of ether oxygens (including phenoxy) is 1. The summed E-state index contributed by atoms with van der Waals surface area (Å²) in [6.45, 7) is 1.37. The zero-order valence-corrected chi connectivity index (χ0v) is 15.1. The number of primary amides is 1. The van der Waals surface area contributed by atoms with Gasteiger partial charge in [0, 0.05) is 17.3 Å². The molecule has 0 aliphatic carbocycles. The molecule has 28 heavy (non-hydrogen) atoms. The van der Waals surface area contributed by atoms with Crippen LogP contribution >= 0.6 is 0 Å². The third kappa shape index (κ3) is 4.60. The molecule has 0 radical (unpaired) electrons. The van der Waals surface area contributed by atoms with Crippen LogP contribution in [0, 0.1) is 5.82 Å². The average Bonchev–Trinajstić information content (AvgIpc) is 2.70. The third-order valence-electron chi connectivity index (χ3n) is 3.98. The summed E-state index contributed by atoms with van der Waals surface area (Å²) in [5, 5.41) is 12.6. The number of hydrogen-bond donors (Lipinski definition) is 3. The Hall–Kier alpha value is -3.52. The Labute approximate surface area is 161 Å². The SMILES string of the molecule is CC(Nc1ccnc(-c2ccc(Oc3ccc(F)cc3)c(CO)c2)n1)C(N)=O. The average molecular weight is 382 g/mol. The van der Waals surface area contributed by atoms with Crippen molar-refractivity contribution >= 4 is 11.7 Å². The summed E-state index contributed by atoms with van der Waals surface area (Å²) in [7, 11) is 0. The number of carbonyl (C=O) groups is 1. The van der Waals surface area contributed by atoms with E-state index in [0.29, 0.717) is 34.3 Å². The van der Waals surface area contributed by atoms with Gasteiger partial charge in [-0.15, -0.1) is 0 Å². The smallest absolute Gasteiger partial charge is 0.239 e. The van der Waals surface area contributed by atoms with Crippen LogP contribution in [0.4, 0.5) is 10.2 Å². The van der Waals surface area contributed by atoms with E-state index in [9.17, 15) is 14.3 Å². The number of aromatic nitrogens is 2. The molecule has 0 saturated heterocycles. The fourth-order valence-corrected chi connectivity index (χ4v) is 2.44. The molecule has 0 aliphatic heterocycles. The van der Waals surface area contributed by atoms with Gasteiger partial charge < -0.3 is 20.9 Å². The van der Waals surface area contributed by atoms with Gasteiger partial charge >= 0.3 is 0 Å². The standard InChI is InChI=1S/C20H19FN4O3/c1-12(19(22)27)24-18-8-9-23-20(25-18)13-2-7-17(14(10-13)11-26)28-16-5-3-15(21)4-6-16/h2-10,12,26H,11H2,1H3,(H2,22,27)(H,23,24,25). The summed E-state index contributed by atoms with van der Waals surface area (Å²) in [5.41, 5.74) is 6.43. The van der Waals surface area contributed by atoms with Crippen molar-refractivity contribution in [3.05, 3.63) is 66.1 Å². The molecular formula is C20H19FN4O3. The van der Waals surface area contributed by atoms with Crippen LogP contribution < -0.4 is 15.8 Å². The van der Waals surface area contributed by atoms with Crippen molar-refractivity contribution in [1.29, 1.82) is 0 Å². The van der Waals surface area contributed by atoms with E-state index in [-0.39, 0.29) is 12.4 Å². The second-order valence-electron chi connectivity index (χ2n) is 6.07. The highest BCUT2D eigenvalue weighted by molar-refractivity contribution is 5.82. The number of nitrogens with two attached hydrogens (primary N) is 1. The lowest BCUT2D eigenvalue weighted by atomic mass is 10.1. The van der Waals surface area contributed by atoms with E-state index in [1.807, 2.05) is 0 Å². The molecule has 0 fully saturated rings. The molecule has 1 unspecified atom stereocenters. The predicted octanol–water partition coefficient (Wildman–Crippen LogP) is 2.85. The van der Waals surface area contributed by atoms with Crippen molar-refractivity contribution < 1.29 is 19.0 Å². The van der Waals surface area contributed by atoms with Crippen LogP contribution in [-0.4, -0.2) is 27.0 Å². The van der Waals surface area contributed by atoms with Gasteiger partial charge in [0.2, 0.25) is 5.91 Å². The van der Waals surface area contributed by atoms with Crippen molar-refractivity contribution in [2.24, 2.45) is 5.73 Å². The largest absolute Gasteiger partial charge is 0.457 e. The number of hydrogen-bond acceptors (Lipinski definition) is 6. The first-order valence-electron chi connectivity index (χ1n) is 8.52. The zero-order valence-electron chi connectivity index (χ0n) is 15.1. The molecule has 2 aromatic carbocycles. The van der Waals surface area contributed by atoms with Gasteiger partial charge in [-0.25, -0.2) is 14.4 Å². The fraction of sp³-hybridized carbons (Fsp3) is 0.150. The molecule has 0 spiro atoms. The van der Waals surface area contributed by atoms with Gasteiger partial charge in [-0.05, 0) is 55.5 Å². The monoisotopic (exact) mass is 382 g/mol. The Morgan fingerprint density at radius 1 is 1.25 bits per heavy atom. The number of nitrogens with zero attached hydrogens (tertiary/aromatic N) is 2. The molecule has 7 nitrogen and oxygen atoms in total. The molecule has 3 rings (SSSR count). The maximum absolute atomic E-state index is 13.0. The summed E-state index contributed by atoms with van der Waals surface area (Å²) in [5.74, 6) is 0.894. The van der Waals surface area contributed by atoms with E-state index in [4.69, 9.17) is 10.5 Å². The molecule has 0 bridgehead atoms. The van der Waals surface area contributed by atoms with Crippen LogP contribution in [0.2, 0.25) is 0 Å². The number of amides is 1. The molecule has 0 saturated carbocycles. The van der Waals surface area contributed by atoms with E-state index in [2.05, 4.69) is 15.3 Å². The highest BCUT2D eigenvalue weighted by Crippen LogP contribution is 2.29. The molecule has 3 aromatic rings. The lowest BCUT2D eigenvalue weighted by Gasteiger charge is -2.13. The van der Waals surface area contributed by atoms with Gasteiger partial charge in [0.1, 0.15) is 29.2 Å². The van der Waals surface area contributed by atoms with E-state index < -0.39 is 11.9 Å². The molecule has 1 aromatic heterocycles. The summed E-state index contributed by atoms with van der Waals surface area (Å²) in [6.07, 6.45) is 1.56. The van der Waals surface area contributed by atoms with Gasteiger partial charge in [0.25, 0.3) is 0 Å². The Morgan fingerprint density at radius 3 is 2.68 bits per heavy atom. The van der Waals surface area contributed by atoms with Crippen molar-refractivity contribution in [2.75, 3.05) is 5.32 Å². The lowest BCUT2D eigenvalue weighted by Crippen LogP contribution is -2.32. The van der Waals surface area contributed by atoms with Gasteiger partial charge in [-0.3, -0.25) is 4.79 Å². The van der Waals surface area contributed by atoms with Crippen LogP contribution in [0.15, 0.2) is 54.7 Å². The van der Waals surface area contributed by atoms with Crippen LogP contribution in [0.25, 0.3) is 11.4 Å². The van der Waals surface area contributed by atoms with E-state index in [1.54, 1.807) is 37.4 Å². The molecule has 144 valence electrons. The number of benzene rings is 2. The number of nitrogens with one attached hydrogen (secondary N) is 1. The first-order chi connectivity index (χ1) is 13.5. The summed E-state index contributed by atoms with van der Waals surface area (Å²) < 4.78 is 18.7. The minimum atomic E-state index is -0.581. The molecule has 1 atom stereocenters. The maximum Gasteiger partial charge on any atom is 0.239 e. The number of halogens is 1. The van der Waals surface area contributed by atoms with E-state index in [0.717, 1.165) is 0 Å². The molecule has 1 heterocycles. The van der Waals surface area contributed by atoms with Gasteiger partial charge in [0.15, 0.2) is 5.82 Å². The molecule has 1 amide bonds. The number of anilines is 1. The number of carbonyl (C=O) groups excluding carboxylic acids is 1. The molecular weight excluding hydrogens is 363 g/mol. The Morgan fingerprint density at radius 2 is 2.00 bits per heavy atom. The van der Waals surface area contributed by atoms with Gasteiger partial charge in [0.05, 0.1) is 6.61 Å². The Balaban J connectivity index is 1.85. The second-order valence-corrected chi connectivity index (χ2v) is 6.07. The molecule has 0 aliphatic rings. The van der Waals surface area contributed by atoms with E-state index >= 15 is 0 Å². The maximum atomic E-state index is 13.0. The van der Waals surface area contributed by atoms with Crippen LogP contribution in [0.5, 0.6) is 11.5 Å². The first-order valence-corrected chi connectivity index (χ1v) is 8.52. The normalized spacial score (nSPS) is 11.7. The van der Waals surface area contributed by atoms with Crippen LogP contribution in [0.1, 0.15) is 12.5 Å². The van der Waals surface area contributed by atoms with Crippen LogP contribution in [0.3, 0.4) is 0 Å². The lowest BCUT2D eigenvalue weighted by molar-refractivity contribution is -0.118. The van der Waals surface area contributed by atoms with E-state index in [1.165, 1.54) is 24.3 Å². The minimum Gasteiger partial charge on any atom is -0.457 e. The van der Waals surface area contributed by atoms with Crippen molar-refractivity contribution in [3.63, 3.8) is 0 Å². The first kappa shape index (κ1) is 19.2. The number of rotatable bonds is 7. The third-order valence-corrected chi connectivity index (χ3v) is 3.98. The predicted molar refractivity (Wildman–Crippen MR) is 102 cm³/mol. The van der Waals surface area contributed by atoms with Crippen molar-refractivity contribution in [2.45, 2.75) is 19.6 Å². The van der Waals surface area contributed by atoms with Crippen molar-refractivity contribution in [1.82, 2.24) is 9.97 Å². The van der Waals surface area contributed by atoms with Crippen LogP contribution in [-0.2, 0) is 11.4 Å². The highest BCUT2D eigenvalue weighted by Gasteiger charge is 2.12. The molecule has 8 heteroatoms. The zero-order chi connectivity index (χ0) is 20.1. The quantitative estimate of drug-likeness (QED) is 0.580. The summed E-state index contributed by atoms with van der Waals surface area (Å²) in [6, 6.07) is 11.8. The second kappa shape index (κ2) is 8.45. The van der Waals surface area contributed by atoms with Crippen molar-refractivity contribution in [3.8, 4) is 22.9 Å². The molecule has 4 N–H and O–H groups in total. The number of aliphatic hydroxyl groups is 1. The fourth-order valence-electron chi connectivity index (χ4n) is 2.44. The van der Waals surface area contributed by atoms with Gasteiger partial charge in [-0.2, -0.15) is 0 Å². The Bertz CT molecular complexity index is 979. The minimum absolute atomic E-state index is 0.263. The summed E-state index contributed by atoms with van der Waals surface area (Å²) >= 11 is 0. The van der Waals surface area contributed by atoms with Gasteiger partial charge in [-0.1, -0.05) is 0 Å².